The summed E-state index contributed by atoms with van der Waals surface area (Å²) >= 11 is 0. The summed E-state index contributed by atoms with van der Waals surface area (Å²) in [6, 6.07) is 12.7. The molecule has 7 heteroatoms. The molecule has 0 saturated carbocycles. The average molecular weight is 368 g/mol. The molecule has 0 aliphatic carbocycles. The summed E-state index contributed by atoms with van der Waals surface area (Å²) in [7, 11) is 0. The van der Waals surface area contributed by atoms with Crippen molar-refractivity contribution in [2.45, 2.75) is 19.8 Å². The van der Waals surface area contributed by atoms with Crippen LogP contribution in [0.1, 0.15) is 25.3 Å². The number of ether oxygens (including phenoxy) is 1. The van der Waals surface area contributed by atoms with Gasteiger partial charge in [-0.3, -0.25) is 4.79 Å². The van der Waals surface area contributed by atoms with Crippen LogP contribution in [0, 0.1) is 5.92 Å². The van der Waals surface area contributed by atoms with Crippen LogP contribution in [0.4, 0.5) is 0 Å². The third-order valence-corrected chi connectivity index (χ3v) is 4.49. The Bertz CT molecular complexity index is 787. The summed E-state index contributed by atoms with van der Waals surface area (Å²) in [6.45, 7) is 3.59. The second-order valence-electron chi connectivity index (χ2n) is 6.58. The number of hydrogen-bond acceptors (Lipinski definition) is 5. The Balaban J connectivity index is 1.60. The highest BCUT2D eigenvalue weighted by Crippen LogP contribution is 2.22. The Kier molecular flexibility index (Phi) is 6.25. The van der Waals surface area contributed by atoms with E-state index in [-0.39, 0.29) is 18.3 Å². The van der Waals surface area contributed by atoms with Gasteiger partial charge in [0.25, 0.3) is 5.91 Å². The summed E-state index contributed by atoms with van der Waals surface area (Å²) in [5.41, 5.74) is 6.51. The van der Waals surface area contributed by atoms with Crippen LogP contribution in [0.2, 0.25) is 0 Å². The molecule has 1 aromatic carbocycles. The van der Waals surface area contributed by atoms with Crippen molar-refractivity contribution in [3.05, 3.63) is 54.2 Å². The summed E-state index contributed by atoms with van der Waals surface area (Å²) < 4.78 is 5.76. The third kappa shape index (κ3) is 5.20. The van der Waals surface area contributed by atoms with Gasteiger partial charge in [0.05, 0.1) is 5.56 Å². The summed E-state index contributed by atoms with van der Waals surface area (Å²) in [5.74, 6) is 1.65. The number of benzene rings is 1. The van der Waals surface area contributed by atoms with E-state index in [1.807, 2.05) is 30.3 Å². The first kappa shape index (κ1) is 18.7. The summed E-state index contributed by atoms with van der Waals surface area (Å²) in [5, 5.41) is 3.87. The SMILES string of the molecule is CC1CCN(C(=O)CO/N=C(/N)c2cccnc2Oc2ccccc2)CC1. The molecule has 27 heavy (non-hydrogen) atoms. The van der Waals surface area contributed by atoms with E-state index in [4.69, 9.17) is 15.3 Å². The lowest BCUT2D eigenvalue weighted by Gasteiger charge is -2.29. The number of amidine groups is 1. The summed E-state index contributed by atoms with van der Waals surface area (Å²) in [4.78, 5) is 23.4. The van der Waals surface area contributed by atoms with E-state index < -0.39 is 0 Å². The molecule has 1 amide bonds. The molecule has 0 radical (unpaired) electrons. The zero-order valence-corrected chi connectivity index (χ0v) is 15.4. The van der Waals surface area contributed by atoms with Gasteiger partial charge in [0, 0.05) is 19.3 Å². The van der Waals surface area contributed by atoms with Gasteiger partial charge < -0.3 is 20.2 Å². The maximum absolute atomic E-state index is 12.2. The predicted octanol–water partition coefficient (Wildman–Crippen LogP) is 2.77. The van der Waals surface area contributed by atoms with Crippen molar-refractivity contribution in [3.8, 4) is 11.6 Å². The van der Waals surface area contributed by atoms with E-state index in [1.165, 1.54) is 0 Å². The number of likely N-dealkylation sites (tertiary alicyclic amines) is 1. The molecule has 2 heterocycles. The van der Waals surface area contributed by atoms with Crippen molar-refractivity contribution in [2.24, 2.45) is 16.8 Å². The smallest absolute Gasteiger partial charge is 0.263 e. The lowest BCUT2D eigenvalue weighted by Crippen LogP contribution is -2.39. The molecule has 1 aliphatic heterocycles. The van der Waals surface area contributed by atoms with Crippen LogP contribution in [-0.2, 0) is 9.63 Å². The first-order chi connectivity index (χ1) is 13.1. The highest BCUT2D eigenvalue weighted by atomic mass is 16.6. The quantitative estimate of drug-likeness (QED) is 0.481. The van der Waals surface area contributed by atoms with Gasteiger partial charge in [-0.2, -0.15) is 0 Å². The number of aromatic nitrogens is 1. The van der Waals surface area contributed by atoms with Gasteiger partial charge in [0.2, 0.25) is 5.88 Å². The fraction of sp³-hybridized carbons (Fsp3) is 0.350. The van der Waals surface area contributed by atoms with E-state index in [2.05, 4.69) is 17.1 Å². The number of hydrogen-bond donors (Lipinski definition) is 1. The number of pyridine rings is 1. The Hall–Kier alpha value is -3.09. The topological polar surface area (TPSA) is 90.0 Å². The second kappa shape index (κ2) is 9.02. The van der Waals surface area contributed by atoms with Gasteiger partial charge in [-0.05, 0) is 43.0 Å². The van der Waals surface area contributed by atoms with E-state index in [0.29, 0.717) is 23.1 Å². The van der Waals surface area contributed by atoms with Crippen molar-refractivity contribution >= 4 is 11.7 Å². The van der Waals surface area contributed by atoms with Crippen molar-refractivity contribution in [1.82, 2.24) is 9.88 Å². The monoisotopic (exact) mass is 368 g/mol. The number of piperidine rings is 1. The Morgan fingerprint density at radius 1 is 1.22 bits per heavy atom. The van der Waals surface area contributed by atoms with Gasteiger partial charge in [-0.15, -0.1) is 0 Å². The highest BCUT2D eigenvalue weighted by Gasteiger charge is 2.20. The van der Waals surface area contributed by atoms with Gasteiger partial charge in [0.1, 0.15) is 5.75 Å². The number of nitrogens with zero attached hydrogens (tertiary/aromatic N) is 3. The number of amides is 1. The molecule has 142 valence electrons. The molecule has 1 aliphatic rings. The largest absolute Gasteiger partial charge is 0.438 e. The minimum Gasteiger partial charge on any atom is -0.438 e. The van der Waals surface area contributed by atoms with Crippen LogP contribution >= 0.6 is 0 Å². The van der Waals surface area contributed by atoms with Crippen molar-refractivity contribution in [3.63, 3.8) is 0 Å². The fourth-order valence-electron chi connectivity index (χ4n) is 2.82. The van der Waals surface area contributed by atoms with Crippen LogP contribution in [0.3, 0.4) is 0 Å². The van der Waals surface area contributed by atoms with E-state index in [9.17, 15) is 4.79 Å². The fourth-order valence-corrected chi connectivity index (χ4v) is 2.82. The molecule has 0 atom stereocenters. The molecule has 1 fully saturated rings. The first-order valence-corrected chi connectivity index (χ1v) is 9.05. The zero-order valence-electron chi connectivity index (χ0n) is 15.4. The summed E-state index contributed by atoms with van der Waals surface area (Å²) in [6.07, 6.45) is 3.65. The molecule has 7 nitrogen and oxygen atoms in total. The maximum atomic E-state index is 12.2. The highest BCUT2D eigenvalue weighted by molar-refractivity contribution is 5.99. The number of rotatable bonds is 6. The average Bonchev–Trinajstić information content (AvgIpc) is 2.69. The number of carbonyl (C=O) groups is 1. The second-order valence-corrected chi connectivity index (χ2v) is 6.58. The normalized spacial score (nSPS) is 15.4. The Morgan fingerprint density at radius 3 is 2.70 bits per heavy atom. The van der Waals surface area contributed by atoms with Crippen molar-refractivity contribution in [1.29, 1.82) is 0 Å². The minimum atomic E-state index is -0.135. The van der Waals surface area contributed by atoms with Gasteiger partial charge in [-0.25, -0.2) is 4.98 Å². The van der Waals surface area contributed by atoms with Gasteiger partial charge in [-0.1, -0.05) is 30.3 Å². The molecule has 3 rings (SSSR count). The lowest BCUT2D eigenvalue weighted by molar-refractivity contribution is -0.137. The zero-order chi connectivity index (χ0) is 19.1. The Labute approximate surface area is 158 Å². The van der Waals surface area contributed by atoms with E-state index in [1.54, 1.807) is 23.2 Å². The molecule has 0 unspecified atom stereocenters. The molecular formula is C20H24N4O3. The predicted molar refractivity (Wildman–Crippen MR) is 102 cm³/mol. The maximum Gasteiger partial charge on any atom is 0.263 e. The number of para-hydroxylation sites is 1. The number of oxime groups is 1. The molecular weight excluding hydrogens is 344 g/mol. The third-order valence-electron chi connectivity index (χ3n) is 4.49. The van der Waals surface area contributed by atoms with Crippen LogP contribution in [0.15, 0.2) is 53.8 Å². The van der Waals surface area contributed by atoms with E-state index >= 15 is 0 Å². The van der Waals surface area contributed by atoms with Gasteiger partial charge >= 0.3 is 0 Å². The molecule has 0 bridgehead atoms. The standard InChI is InChI=1S/C20H24N4O3/c1-15-9-12-24(13-10-15)18(25)14-26-23-19(21)17-8-5-11-22-20(17)27-16-6-3-2-4-7-16/h2-8,11,15H,9-10,12-14H2,1H3,(H2,21,23). The number of nitrogens with two attached hydrogens (primary N) is 1. The number of carbonyl (C=O) groups excluding carboxylic acids is 1. The van der Waals surface area contributed by atoms with Crippen molar-refractivity contribution < 1.29 is 14.4 Å². The van der Waals surface area contributed by atoms with Crippen LogP contribution < -0.4 is 10.5 Å². The lowest BCUT2D eigenvalue weighted by atomic mass is 9.99. The Morgan fingerprint density at radius 2 is 1.96 bits per heavy atom. The van der Waals surface area contributed by atoms with Crippen LogP contribution in [0.25, 0.3) is 0 Å². The van der Waals surface area contributed by atoms with Crippen molar-refractivity contribution in [2.75, 3.05) is 19.7 Å². The molecule has 2 aromatic rings. The van der Waals surface area contributed by atoms with E-state index in [0.717, 1.165) is 25.9 Å². The minimum absolute atomic E-state index is 0.0783. The van der Waals surface area contributed by atoms with Crippen LogP contribution in [0.5, 0.6) is 11.6 Å². The van der Waals surface area contributed by atoms with Gasteiger partial charge in [0.15, 0.2) is 12.4 Å². The van der Waals surface area contributed by atoms with Crippen LogP contribution in [-0.4, -0.2) is 41.3 Å². The molecule has 1 aromatic heterocycles. The molecule has 2 N–H and O–H groups in total. The molecule has 1 saturated heterocycles. The molecule has 0 spiro atoms. The first-order valence-electron chi connectivity index (χ1n) is 9.05.